The summed E-state index contributed by atoms with van der Waals surface area (Å²) in [4.78, 5) is 12.2. The molecule has 0 fully saturated rings. The van der Waals surface area contributed by atoms with Crippen LogP contribution < -0.4 is 0 Å². The van der Waals surface area contributed by atoms with Gasteiger partial charge in [-0.05, 0) is 23.8 Å². The van der Waals surface area contributed by atoms with Crippen LogP contribution in [0.25, 0.3) is 0 Å². The van der Waals surface area contributed by atoms with Gasteiger partial charge in [-0.3, -0.25) is 9.53 Å². The summed E-state index contributed by atoms with van der Waals surface area (Å²) in [6.07, 6.45) is -4.01. The van der Waals surface area contributed by atoms with Crippen LogP contribution in [0.3, 0.4) is 0 Å². The molecule has 1 atom stereocenters. The fourth-order valence-electron chi connectivity index (χ4n) is 2.31. The summed E-state index contributed by atoms with van der Waals surface area (Å²) in [5, 5.41) is 0.368. The zero-order chi connectivity index (χ0) is 14.3. The van der Waals surface area contributed by atoms with E-state index in [1.807, 2.05) is 0 Å². The molecule has 1 aliphatic rings. The number of alkyl halides is 3. The molecule has 1 unspecified atom stereocenters. The lowest BCUT2D eigenvalue weighted by atomic mass is 9.94. The molecule has 2 rings (SSSR count). The van der Waals surface area contributed by atoms with Crippen LogP contribution in [0.1, 0.15) is 22.3 Å². The van der Waals surface area contributed by atoms with Gasteiger partial charge in [0, 0.05) is 23.4 Å². The molecule has 2 nitrogen and oxygen atoms in total. The molecule has 1 aliphatic carbocycles. The Kier molecular flexibility index (Phi) is 3.45. The SMILES string of the molecule is C=CCC1(OC(F)(F)F)Cc2cc(Cl)ccc2C1=O. The fourth-order valence-corrected chi connectivity index (χ4v) is 2.50. The first-order valence-electron chi connectivity index (χ1n) is 5.48. The first kappa shape index (κ1) is 14.1. The Balaban J connectivity index is 2.44. The van der Waals surface area contributed by atoms with E-state index in [2.05, 4.69) is 11.3 Å². The molecule has 0 N–H and O–H groups in total. The van der Waals surface area contributed by atoms with Crippen molar-refractivity contribution in [3.05, 3.63) is 47.0 Å². The quantitative estimate of drug-likeness (QED) is 0.789. The van der Waals surface area contributed by atoms with Crippen LogP contribution >= 0.6 is 11.6 Å². The highest BCUT2D eigenvalue weighted by molar-refractivity contribution is 6.30. The molecule has 0 amide bonds. The lowest BCUT2D eigenvalue weighted by molar-refractivity contribution is -0.355. The second-order valence-electron chi connectivity index (χ2n) is 4.34. The lowest BCUT2D eigenvalue weighted by Crippen LogP contribution is -2.43. The predicted octanol–water partition coefficient (Wildman–Crippen LogP) is 3.93. The van der Waals surface area contributed by atoms with E-state index in [9.17, 15) is 18.0 Å². The minimum atomic E-state index is -4.88. The molecule has 6 heteroatoms. The van der Waals surface area contributed by atoms with E-state index in [1.165, 1.54) is 24.3 Å². The van der Waals surface area contributed by atoms with Crippen LogP contribution in [0.4, 0.5) is 13.2 Å². The Morgan fingerprint density at radius 1 is 1.47 bits per heavy atom. The molecule has 102 valence electrons. The number of carbonyl (C=O) groups is 1. The normalized spacial score (nSPS) is 22.4. The van der Waals surface area contributed by atoms with Gasteiger partial charge in [0.2, 0.25) is 0 Å². The van der Waals surface area contributed by atoms with E-state index < -0.39 is 17.7 Å². The lowest BCUT2D eigenvalue weighted by Gasteiger charge is -2.27. The summed E-state index contributed by atoms with van der Waals surface area (Å²) in [5.74, 6) is -0.684. The molecule has 1 aromatic carbocycles. The van der Waals surface area contributed by atoms with Crippen molar-refractivity contribution in [2.24, 2.45) is 0 Å². The van der Waals surface area contributed by atoms with Gasteiger partial charge in [0.15, 0.2) is 5.78 Å². The number of hydrogen-bond acceptors (Lipinski definition) is 2. The van der Waals surface area contributed by atoms with Gasteiger partial charge in [0.25, 0.3) is 0 Å². The van der Waals surface area contributed by atoms with Crippen molar-refractivity contribution >= 4 is 17.4 Å². The Bertz CT molecular complexity index is 539. The largest absolute Gasteiger partial charge is 0.523 e. The van der Waals surface area contributed by atoms with Gasteiger partial charge in [-0.25, -0.2) is 0 Å². The Morgan fingerprint density at radius 2 is 2.16 bits per heavy atom. The van der Waals surface area contributed by atoms with E-state index in [0.29, 0.717) is 10.6 Å². The molecular weight excluding hydrogens is 281 g/mol. The number of Topliss-reactive ketones (excluding diaryl/α,β-unsaturated/α-hetero) is 1. The van der Waals surface area contributed by atoms with Crippen LogP contribution in [-0.4, -0.2) is 17.7 Å². The maximum atomic E-state index is 12.5. The van der Waals surface area contributed by atoms with Crippen molar-refractivity contribution in [2.45, 2.75) is 24.8 Å². The van der Waals surface area contributed by atoms with Gasteiger partial charge in [0.05, 0.1) is 0 Å². The molecule has 0 spiro atoms. The van der Waals surface area contributed by atoms with Gasteiger partial charge in [0.1, 0.15) is 5.60 Å². The smallest absolute Gasteiger partial charge is 0.291 e. The zero-order valence-electron chi connectivity index (χ0n) is 9.76. The van der Waals surface area contributed by atoms with Crippen molar-refractivity contribution in [3.8, 4) is 0 Å². The highest BCUT2D eigenvalue weighted by Gasteiger charge is 2.52. The summed E-state index contributed by atoms with van der Waals surface area (Å²) in [7, 11) is 0. The third-order valence-corrected chi connectivity index (χ3v) is 3.22. The summed E-state index contributed by atoms with van der Waals surface area (Å²) in [5.41, 5.74) is -1.27. The van der Waals surface area contributed by atoms with E-state index in [-0.39, 0.29) is 18.4 Å². The Labute approximate surface area is 112 Å². The number of hydrogen-bond donors (Lipinski definition) is 0. The van der Waals surface area contributed by atoms with E-state index in [4.69, 9.17) is 11.6 Å². The molecule has 0 saturated carbocycles. The number of ether oxygens (including phenoxy) is 1. The van der Waals surface area contributed by atoms with Crippen LogP contribution in [0, 0.1) is 0 Å². The van der Waals surface area contributed by atoms with E-state index in [0.717, 1.165) is 0 Å². The fraction of sp³-hybridized carbons (Fsp3) is 0.308. The maximum Gasteiger partial charge on any atom is 0.523 e. The molecule has 0 saturated heterocycles. The molecule has 0 aromatic heterocycles. The molecule has 0 bridgehead atoms. The van der Waals surface area contributed by atoms with Crippen molar-refractivity contribution in [1.29, 1.82) is 0 Å². The first-order valence-corrected chi connectivity index (χ1v) is 5.86. The third kappa shape index (κ3) is 2.67. The highest BCUT2D eigenvalue weighted by Crippen LogP contribution is 2.40. The summed E-state index contributed by atoms with van der Waals surface area (Å²) in [6.45, 7) is 3.39. The van der Waals surface area contributed by atoms with Gasteiger partial charge < -0.3 is 0 Å². The first-order chi connectivity index (χ1) is 8.77. The number of benzene rings is 1. The summed E-state index contributed by atoms with van der Waals surface area (Å²) in [6, 6.07) is 4.37. The third-order valence-electron chi connectivity index (χ3n) is 2.99. The Morgan fingerprint density at radius 3 is 2.74 bits per heavy atom. The van der Waals surface area contributed by atoms with E-state index in [1.54, 1.807) is 0 Å². The van der Waals surface area contributed by atoms with Crippen molar-refractivity contribution in [3.63, 3.8) is 0 Å². The molecule has 0 aliphatic heterocycles. The molecule has 19 heavy (non-hydrogen) atoms. The Hall–Kier alpha value is -1.33. The van der Waals surface area contributed by atoms with Crippen molar-refractivity contribution < 1.29 is 22.7 Å². The number of fused-ring (bicyclic) bond motifs is 1. The standard InChI is InChI=1S/C13H10ClF3O2/c1-2-5-12(19-13(15,16)17)7-8-6-9(14)3-4-10(8)11(12)18/h2-4,6H,1,5,7H2. The van der Waals surface area contributed by atoms with Gasteiger partial charge >= 0.3 is 6.36 Å². The molecule has 1 aromatic rings. The minimum absolute atomic E-state index is 0.159. The van der Waals surface area contributed by atoms with Crippen LogP contribution in [0.15, 0.2) is 30.9 Å². The zero-order valence-corrected chi connectivity index (χ0v) is 10.5. The van der Waals surface area contributed by atoms with Crippen LogP contribution in [-0.2, 0) is 11.2 Å². The maximum absolute atomic E-state index is 12.5. The van der Waals surface area contributed by atoms with Crippen LogP contribution in [0.2, 0.25) is 5.02 Å². The number of carbonyl (C=O) groups excluding carboxylic acids is 1. The summed E-state index contributed by atoms with van der Waals surface area (Å²) < 4.78 is 41.6. The summed E-state index contributed by atoms with van der Waals surface area (Å²) >= 11 is 5.78. The second kappa shape index (κ2) is 4.65. The monoisotopic (exact) mass is 290 g/mol. The number of ketones is 1. The van der Waals surface area contributed by atoms with Crippen molar-refractivity contribution in [1.82, 2.24) is 0 Å². The van der Waals surface area contributed by atoms with Gasteiger partial charge in [-0.1, -0.05) is 17.7 Å². The second-order valence-corrected chi connectivity index (χ2v) is 4.78. The highest BCUT2D eigenvalue weighted by atomic mass is 35.5. The molecule has 0 radical (unpaired) electrons. The number of halogens is 4. The number of rotatable bonds is 3. The topological polar surface area (TPSA) is 26.3 Å². The predicted molar refractivity (Wildman–Crippen MR) is 64.2 cm³/mol. The van der Waals surface area contributed by atoms with Crippen molar-refractivity contribution in [2.75, 3.05) is 0 Å². The molecular formula is C13H10ClF3O2. The van der Waals surface area contributed by atoms with Crippen LogP contribution in [0.5, 0.6) is 0 Å². The van der Waals surface area contributed by atoms with E-state index >= 15 is 0 Å². The molecule has 0 heterocycles. The average Bonchev–Trinajstić information content (AvgIpc) is 2.49. The minimum Gasteiger partial charge on any atom is -0.291 e. The van der Waals surface area contributed by atoms with Gasteiger partial charge in [-0.15, -0.1) is 19.8 Å². The van der Waals surface area contributed by atoms with Gasteiger partial charge in [-0.2, -0.15) is 0 Å². The average molecular weight is 291 g/mol.